The molecular formula is C9H19O4P. The molecule has 0 spiro atoms. The second-order valence-corrected chi connectivity index (χ2v) is 5.13. The van der Waals surface area contributed by atoms with Crippen molar-refractivity contribution in [2.24, 2.45) is 0 Å². The van der Waals surface area contributed by atoms with Gasteiger partial charge in [0.2, 0.25) is 0 Å². The van der Waals surface area contributed by atoms with Gasteiger partial charge in [-0.25, -0.2) is 0 Å². The molecule has 0 N–H and O–H groups in total. The molecular weight excluding hydrogens is 203 g/mol. The second kappa shape index (κ2) is 7.16. The zero-order valence-corrected chi connectivity index (χ0v) is 9.96. The van der Waals surface area contributed by atoms with E-state index in [4.69, 9.17) is 9.05 Å². The van der Waals surface area contributed by atoms with E-state index in [9.17, 15) is 9.36 Å². The first-order chi connectivity index (χ1) is 6.64. The monoisotopic (exact) mass is 222 g/mol. The Labute approximate surface area is 85.5 Å². The lowest BCUT2D eigenvalue weighted by molar-refractivity contribution is -0.108. The SMILES string of the molecule is CCC[C@@H](C=O)P(=O)(OCC)OCC. The van der Waals surface area contributed by atoms with E-state index in [0.29, 0.717) is 25.9 Å². The fourth-order valence-electron chi connectivity index (χ4n) is 1.19. The van der Waals surface area contributed by atoms with Gasteiger partial charge in [0, 0.05) is 0 Å². The third-order valence-electron chi connectivity index (χ3n) is 1.77. The van der Waals surface area contributed by atoms with Crippen LogP contribution in [0, 0.1) is 0 Å². The molecule has 5 heteroatoms. The quantitative estimate of drug-likeness (QED) is 0.468. The number of hydrogen-bond donors (Lipinski definition) is 0. The minimum atomic E-state index is -3.21. The van der Waals surface area contributed by atoms with Crippen LogP contribution in [0.5, 0.6) is 0 Å². The number of rotatable bonds is 8. The minimum Gasteiger partial charge on any atom is -0.308 e. The summed E-state index contributed by atoms with van der Waals surface area (Å²) in [6.45, 7) is 5.99. The van der Waals surface area contributed by atoms with Crippen LogP contribution in [0.2, 0.25) is 0 Å². The Hall–Kier alpha value is -0.180. The first-order valence-corrected chi connectivity index (χ1v) is 6.59. The molecule has 0 aromatic rings. The van der Waals surface area contributed by atoms with Crippen molar-refractivity contribution < 1.29 is 18.4 Å². The van der Waals surface area contributed by atoms with Gasteiger partial charge in [0.1, 0.15) is 11.9 Å². The maximum absolute atomic E-state index is 12.1. The highest BCUT2D eigenvalue weighted by Crippen LogP contribution is 2.53. The molecule has 4 nitrogen and oxygen atoms in total. The third kappa shape index (κ3) is 3.91. The number of aldehydes is 1. The van der Waals surface area contributed by atoms with Crippen molar-refractivity contribution in [1.29, 1.82) is 0 Å². The first kappa shape index (κ1) is 13.8. The molecule has 0 bridgehead atoms. The van der Waals surface area contributed by atoms with Crippen molar-refractivity contribution in [2.75, 3.05) is 13.2 Å². The Morgan fingerprint density at radius 3 is 2.00 bits per heavy atom. The first-order valence-electron chi connectivity index (χ1n) is 4.98. The molecule has 84 valence electrons. The Morgan fingerprint density at radius 2 is 1.71 bits per heavy atom. The summed E-state index contributed by atoms with van der Waals surface area (Å²) in [6.07, 6.45) is 2.00. The molecule has 0 saturated carbocycles. The van der Waals surface area contributed by atoms with Crippen LogP contribution in [0.1, 0.15) is 33.6 Å². The number of carbonyl (C=O) groups excluding carboxylic acids is 1. The van der Waals surface area contributed by atoms with Crippen LogP contribution < -0.4 is 0 Å². The van der Waals surface area contributed by atoms with Gasteiger partial charge < -0.3 is 13.8 Å². The van der Waals surface area contributed by atoms with E-state index in [0.717, 1.165) is 6.42 Å². The van der Waals surface area contributed by atoms with E-state index < -0.39 is 13.3 Å². The average Bonchev–Trinajstić information content (AvgIpc) is 2.14. The number of carbonyl (C=O) groups is 1. The lowest BCUT2D eigenvalue weighted by Crippen LogP contribution is -2.14. The van der Waals surface area contributed by atoms with Crippen LogP contribution in [0.25, 0.3) is 0 Å². The maximum atomic E-state index is 12.1. The van der Waals surface area contributed by atoms with Gasteiger partial charge in [0.25, 0.3) is 0 Å². The van der Waals surface area contributed by atoms with Crippen molar-refractivity contribution in [3.05, 3.63) is 0 Å². The van der Waals surface area contributed by atoms with Crippen LogP contribution in [-0.4, -0.2) is 25.2 Å². The lowest BCUT2D eigenvalue weighted by Gasteiger charge is -2.21. The fraction of sp³-hybridized carbons (Fsp3) is 0.889. The zero-order valence-electron chi connectivity index (χ0n) is 9.06. The van der Waals surface area contributed by atoms with Gasteiger partial charge in [0.05, 0.1) is 13.2 Å². The van der Waals surface area contributed by atoms with Crippen molar-refractivity contribution >= 4 is 13.9 Å². The molecule has 0 aromatic carbocycles. The lowest BCUT2D eigenvalue weighted by atomic mass is 10.3. The van der Waals surface area contributed by atoms with E-state index in [1.807, 2.05) is 6.92 Å². The molecule has 0 rings (SSSR count). The predicted octanol–water partition coefficient (Wildman–Crippen LogP) is 2.62. The summed E-state index contributed by atoms with van der Waals surface area (Å²) in [7, 11) is -3.21. The maximum Gasteiger partial charge on any atom is 0.340 e. The Morgan fingerprint density at radius 1 is 1.21 bits per heavy atom. The third-order valence-corrected chi connectivity index (χ3v) is 4.19. The highest BCUT2D eigenvalue weighted by molar-refractivity contribution is 7.55. The van der Waals surface area contributed by atoms with Gasteiger partial charge >= 0.3 is 7.60 Å². The van der Waals surface area contributed by atoms with E-state index in [-0.39, 0.29) is 0 Å². The van der Waals surface area contributed by atoms with Gasteiger partial charge in [-0.2, -0.15) is 0 Å². The molecule has 0 heterocycles. The second-order valence-electron chi connectivity index (χ2n) is 2.87. The standard InChI is InChI=1S/C9H19O4P/c1-4-7-9(8-10)14(11,12-5-2)13-6-3/h8-9H,4-7H2,1-3H3/t9-/m0/s1. The van der Waals surface area contributed by atoms with E-state index in [1.165, 1.54) is 0 Å². The van der Waals surface area contributed by atoms with E-state index in [1.54, 1.807) is 13.8 Å². The highest BCUT2D eigenvalue weighted by Gasteiger charge is 2.34. The molecule has 0 aromatic heterocycles. The number of hydrogen-bond acceptors (Lipinski definition) is 4. The summed E-state index contributed by atoms with van der Waals surface area (Å²) in [4.78, 5) is 10.8. The summed E-state index contributed by atoms with van der Waals surface area (Å²) in [5.74, 6) is 0. The van der Waals surface area contributed by atoms with Crippen molar-refractivity contribution in [2.45, 2.75) is 39.3 Å². The van der Waals surface area contributed by atoms with Gasteiger partial charge in [-0.05, 0) is 20.3 Å². The summed E-state index contributed by atoms with van der Waals surface area (Å²) in [5.41, 5.74) is -0.618. The summed E-state index contributed by atoms with van der Waals surface area (Å²) < 4.78 is 22.2. The molecule has 14 heavy (non-hydrogen) atoms. The van der Waals surface area contributed by atoms with Gasteiger partial charge in [-0.15, -0.1) is 0 Å². The highest BCUT2D eigenvalue weighted by atomic mass is 31.2. The molecule has 0 fully saturated rings. The minimum absolute atomic E-state index is 0.297. The van der Waals surface area contributed by atoms with Crippen LogP contribution in [-0.2, 0) is 18.4 Å². The topological polar surface area (TPSA) is 52.6 Å². The Bertz CT molecular complexity index is 195. The molecule has 0 unspecified atom stereocenters. The van der Waals surface area contributed by atoms with Crippen LogP contribution >= 0.6 is 7.60 Å². The van der Waals surface area contributed by atoms with Crippen LogP contribution in [0.3, 0.4) is 0 Å². The molecule has 0 radical (unpaired) electrons. The molecule has 0 saturated heterocycles. The molecule has 0 aliphatic carbocycles. The van der Waals surface area contributed by atoms with Crippen LogP contribution in [0.4, 0.5) is 0 Å². The largest absolute Gasteiger partial charge is 0.340 e. The Balaban J connectivity index is 4.57. The van der Waals surface area contributed by atoms with Crippen LogP contribution in [0.15, 0.2) is 0 Å². The van der Waals surface area contributed by atoms with Crippen molar-refractivity contribution in [3.63, 3.8) is 0 Å². The summed E-state index contributed by atoms with van der Waals surface area (Å²) >= 11 is 0. The normalized spacial score (nSPS) is 13.9. The zero-order chi connectivity index (χ0) is 11.0. The summed E-state index contributed by atoms with van der Waals surface area (Å²) in [5, 5.41) is 0. The van der Waals surface area contributed by atoms with Gasteiger partial charge in [0.15, 0.2) is 0 Å². The van der Waals surface area contributed by atoms with E-state index in [2.05, 4.69) is 0 Å². The van der Waals surface area contributed by atoms with Gasteiger partial charge in [-0.3, -0.25) is 4.57 Å². The smallest absolute Gasteiger partial charge is 0.308 e. The van der Waals surface area contributed by atoms with E-state index >= 15 is 0 Å². The van der Waals surface area contributed by atoms with Gasteiger partial charge in [-0.1, -0.05) is 13.3 Å². The molecule has 0 aliphatic rings. The average molecular weight is 222 g/mol. The predicted molar refractivity (Wildman–Crippen MR) is 55.6 cm³/mol. The molecule has 1 atom stereocenters. The van der Waals surface area contributed by atoms with Crippen molar-refractivity contribution in [3.8, 4) is 0 Å². The van der Waals surface area contributed by atoms with Crippen molar-refractivity contribution in [1.82, 2.24) is 0 Å². The fourth-order valence-corrected chi connectivity index (χ4v) is 3.09. The molecule has 0 aliphatic heterocycles. The Kier molecular flexibility index (Phi) is 7.06. The molecule has 0 amide bonds. The summed E-state index contributed by atoms with van der Waals surface area (Å²) in [6, 6.07) is 0.